The summed E-state index contributed by atoms with van der Waals surface area (Å²) in [5, 5.41) is 2.79. The Morgan fingerprint density at radius 1 is 1.07 bits per heavy atom. The number of benzene rings is 2. The van der Waals surface area contributed by atoms with Gasteiger partial charge in [-0.1, -0.05) is 24.3 Å². The SMILES string of the molecule is COc1cc(CNC(=O)C(C)N(c2ccccc2)S(C)(=O)=O)ccc1OC(C)C. The normalized spacial score (nSPS) is 12.3. The summed E-state index contributed by atoms with van der Waals surface area (Å²) in [6.45, 7) is 5.64. The number of sulfonamides is 1. The summed E-state index contributed by atoms with van der Waals surface area (Å²) in [5.41, 5.74) is 1.25. The number of hydrogen-bond acceptors (Lipinski definition) is 5. The van der Waals surface area contributed by atoms with Gasteiger partial charge in [0.2, 0.25) is 15.9 Å². The van der Waals surface area contributed by atoms with Gasteiger partial charge in [0.25, 0.3) is 0 Å². The molecule has 1 atom stereocenters. The van der Waals surface area contributed by atoms with Crippen LogP contribution >= 0.6 is 0 Å². The van der Waals surface area contributed by atoms with Crippen LogP contribution in [0.15, 0.2) is 48.5 Å². The number of rotatable bonds is 9. The summed E-state index contributed by atoms with van der Waals surface area (Å²) >= 11 is 0. The summed E-state index contributed by atoms with van der Waals surface area (Å²) in [6, 6.07) is 13.1. The first-order valence-corrected chi connectivity index (χ1v) is 11.1. The van der Waals surface area contributed by atoms with E-state index in [9.17, 15) is 13.2 Å². The Morgan fingerprint density at radius 3 is 2.28 bits per heavy atom. The monoisotopic (exact) mass is 420 g/mol. The molecule has 0 saturated heterocycles. The van der Waals surface area contributed by atoms with Crippen molar-refractivity contribution in [3.63, 3.8) is 0 Å². The van der Waals surface area contributed by atoms with E-state index in [0.717, 1.165) is 16.1 Å². The van der Waals surface area contributed by atoms with Crippen molar-refractivity contribution in [1.82, 2.24) is 5.32 Å². The second-order valence-corrected chi connectivity index (χ2v) is 8.80. The predicted molar refractivity (Wildman–Crippen MR) is 114 cm³/mol. The van der Waals surface area contributed by atoms with Gasteiger partial charge in [0.1, 0.15) is 6.04 Å². The lowest BCUT2D eigenvalue weighted by Crippen LogP contribution is -2.47. The molecule has 0 heterocycles. The smallest absolute Gasteiger partial charge is 0.243 e. The fourth-order valence-electron chi connectivity index (χ4n) is 2.89. The minimum atomic E-state index is -3.64. The fourth-order valence-corrected chi connectivity index (χ4v) is 4.07. The molecular weight excluding hydrogens is 392 g/mol. The standard InChI is InChI=1S/C21H28N2O5S/c1-15(2)28-19-12-11-17(13-20(19)27-4)14-22-21(24)16(3)23(29(5,25)26)18-9-7-6-8-10-18/h6-13,15-16H,14H2,1-5H3,(H,22,24). The van der Waals surface area contributed by atoms with Crippen LogP contribution in [-0.2, 0) is 21.4 Å². The van der Waals surface area contributed by atoms with Crippen LogP contribution in [0.2, 0.25) is 0 Å². The maximum Gasteiger partial charge on any atom is 0.243 e. The topological polar surface area (TPSA) is 84.9 Å². The van der Waals surface area contributed by atoms with E-state index in [4.69, 9.17) is 9.47 Å². The number of carbonyl (C=O) groups is 1. The van der Waals surface area contributed by atoms with Gasteiger partial charge in [-0.25, -0.2) is 8.42 Å². The average Bonchev–Trinajstić information content (AvgIpc) is 2.66. The lowest BCUT2D eigenvalue weighted by atomic mass is 10.2. The zero-order valence-corrected chi connectivity index (χ0v) is 18.2. The molecule has 2 aromatic carbocycles. The molecule has 0 aliphatic carbocycles. The second kappa shape index (κ2) is 9.65. The van der Waals surface area contributed by atoms with Crippen molar-refractivity contribution in [3.8, 4) is 11.5 Å². The third-order valence-electron chi connectivity index (χ3n) is 4.16. The van der Waals surface area contributed by atoms with Crippen LogP contribution < -0.4 is 19.1 Å². The second-order valence-electron chi connectivity index (χ2n) is 6.94. The lowest BCUT2D eigenvalue weighted by molar-refractivity contribution is -0.122. The van der Waals surface area contributed by atoms with Crippen molar-refractivity contribution >= 4 is 21.6 Å². The van der Waals surface area contributed by atoms with E-state index in [-0.39, 0.29) is 12.6 Å². The first-order chi connectivity index (χ1) is 13.6. The Labute approximate surface area is 172 Å². The van der Waals surface area contributed by atoms with E-state index in [2.05, 4.69) is 5.32 Å². The summed E-state index contributed by atoms with van der Waals surface area (Å²) in [6.07, 6.45) is 1.09. The van der Waals surface area contributed by atoms with Crippen LogP contribution in [-0.4, -0.2) is 39.8 Å². The third kappa shape index (κ3) is 6.12. The molecule has 0 radical (unpaired) electrons. The van der Waals surface area contributed by atoms with Gasteiger partial charge < -0.3 is 14.8 Å². The number of hydrogen-bond donors (Lipinski definition) is 1. The zero-order valence-electron chi connectivity index (χ0n) is 17.4. The minimum absolute atomic E-state index is 0.00950. The lowest BCUT2D eigenvalue weighted by Gasteiger charge is -2.28. The number of para-hydroxylation sites is 1. The first-order valence-electron chi connectivity index (χ1n) is 9.29. The molecule has 0 spiro atoms. The van der Waals surface area contributed by atoms with E-state index in [1.807, 2.05) is 19.9 Å². The number of amides is 1. The van der Waals surface area contributed by atoms with Crippen molar-refractivity contribution in [3.05, 3.63) is 54.1 Å². The van der Waals surface area contributed by atoms with E-state index in [1.54, 1.807) is 56.5 Å². The van der Waals surface area contributed by atoms with Gasteiger partial charge in [-0.15, -0.1) is 0 Å². The fraction of sp³-hybridized carbons (Fsp3) is 0.381. The maximum atomic E-state index is 12.7. The highest BCUT2D eigenvalue weighted by molar-refractivity contribution is 7.92. The van der Waals surface area contributed by atoms with Gasteiger partial charge in [0.15, 0.2) is 11.5 Å². The molecule has 1 unspecified atom stereocenters. The summed E-state index contributed by atoms with van der Waals surface area (Å²) in [5.74, 6) is 0.791. The highest BCUT2D eigenvalue weighted by Crippen LogP contribution is 2.29. The van der Waals surface area contributed by atoms with Gasteiger partial charge in [0.05, 0.1) is 25.2 Å². The molecule has 8 heteroatoms. The van der Waals surface area contributed by atoms with Crippen molar-refractivity contribution in [2.75, 3.05) is 17.7 Å². The largest absolute Gasteiger partial charge is 0.493 e. The molecule has 0 saturated carbocycles. The molecule has 1 N–H and O–H groups in total. The summed E-state index contributed by atoms with van der Waals surface area (Å²) < 4.78 is 36.7. The van der Waals surface area contributed by atoms with Gasteiger partial charge >= 0.3 is 0 Å². The maximum absolute atomic E-state index is 12.7. The molecule has 2 rings (SSSR count). The highest BCUT2D eigenvalue weighted by Gasteiger charge is 2.28. The Balaban J connectivity index is 2.13. The Morgan fingerprint density at radius 2 is 1.72 bits per heavy atom. The molecule has 0 aromatic heterocycles. The van der Waals surface area contributed by atoms with E-state index in [0.29, 0.717) is 17.2 Å². The van der Waals surface area contributed by atoms with Crippen LogP contribution in [0, 0.1) is 0 Å². The number of ether oxygens (including phenoxy) is 2. The number of carbonyl (C=O) groups excluding carboxylic acids is 1. The third-order valence-corrected chi connectivity index (χ3v) is 5.40. The van der Waals surface area contributed by atoms with Crippen LogP contribution in [0.1, 0.15) is 26.3 Å². The average molecular weight is 421 g/mol. The van der Waals surface area contributed by atoms with Crippen LogP contribution in [0.3, 0.4) is 0 Å². The Bertz CT molecular complexity index is 929. The number of methoxy groups -OCH3 is 1. The van der Waals surface area contributed by atoms with E-state index >= 15 is 0 Å². The molecule has 158 valence electrons. The number of anilines is 1. The Hall–Kier alpha value is -2.74. The van der Waals surface area contributed by atoms with Gasteiger partial charge in [-0.2, -0.15) is 0 Å². The summed E-state index contributed by atoms with van der Waals surface area (Å²) in [7, 11) is -2.08. The van der Waals surface area contributed by atoms with Gasteiger partial charge in [-0.3, -0.25) is 9.10 Å². The van der Waals surface area contributed by atoms with Crippen molar-refractivity contribution < 1.29 is 22.7 Å². The molecule has 29 heavy (non-hydrogen) atoms. The highest BCUT2D eigenvalue weighted by atomic mass is 32.2. The predicted octanol–water partition coefficient (Wildman–Crippen LogP) is 2.95. The van der Waals surface area contributed by atoms with Crippen molar-refractivity contribution in [2.45, 2.75) is 39.5 Å². The quantitative estimate of drug-likeness (QED) is 0.674. The van der Waals surface area contributed by atoms with Gasteiger partial charge in [0, 0.05) is 6.54 Å². The number of nitrogens with zero attached hydrogens (tertiary/aromatic N) is 1. The van der Waals surface area contributed by atoms with E-state index in [1.165, 1.54) is 0 Å². The minimum Gasteiger partial charge on any atom is -0.493 e. The van der Waals surface area contributed by atoms with Crippen LogP contribution in [0.5, 0.6) is 11.5 Å². The molecule has 7 nitrogen and oxygen atoms in total. The molecular formula is C21H28N2O5S. The molecule has 0 aliphatic heterocycles. The van der Waals surface area contributed by atoms with Crippen molar-refractivity contribution in [1.29, 1.82) is 0 Å². The molecule has 2 aromatic rings. The van der Waals surface area contributed by atoms with E-state index < -0.39 is 22.0 Å². The summed E-state index contributed by atoms with van der Waals surface area (Å²) in [4.78, 5) is 12.7. The van der Waals surface area contributed by atoms with Gasteiger partial charge in [-0.05, 0) is 50.6 Å². The van der Waals surface area contributed by atoms with Crippen LogP contribution in [0.4, 0.5) is 5.69 Å². The van der Waals surface area contributed by atoms with Crippen molar-refractivity contribution in [2.24, 2.45) is 0 Å². The number of nitrogens with one attached hydrogen (secondary N) is 1. The molecule has 0 aliphatic rings. The zero-order chi connectivity index (χ0) is 21.6. The molecule has 1 amide bonds. The first kappa shape index (κ1) is 22.5. The molecule has 0 bridgehead atoms. The van der Waals surface area contributed by atoms with Crippen LogP contribution in [0.25, 0.3) is 0 Å². The Kier molecular flexibility index (Phi) is 7.50. The molecule has 0 fully saturated rings.